The number of pyridine rings is 1. The first-order chi connectivity index (χ1) is 12.6. The quantitative estimate of drug-likeness (QED) is 0.862. The van der Waals surface area contributed by atoms with Crippen LogP contribution in [0.1, 0.15) is 43.0 Å². The first-order valence-electron chi connectivity index (χ1n) is 8.65. The molecular formula is C20H21N3O3. The highest BCUT2D eigenvalue weighted by molar-refractivity contribution is 5.55. The second-order valence-corrected chi connectivity index (χ2v) is 6.08. The van der Waals surface area contributed by atoms with Crippen LogP contribution in [0.5, 0.6) is 11.5 Å². The molecule has 0 fully saturated rings. The number of nitrogens with two attached hydrogens (primary N) is 1. The summed E-state index contributed by atoms with van der Waals surface area (Å²) in [6, 6.07) is 11.2. The minimum absolute atomic E-state index is 0.0342. The summed E-state index contributed by atoms with van der Waals surface area (Å²) in [6.07, 6.45) is 1.63. The van der Waals surface area contributed by atoms with Crippen LogP contribution in [0.25, 0.3) is 0 Å². The minimum atomic E-state index is -0.571. The maximum atomic E-state index is 12.7. The summed E-state index contributed by atoms with van der Waals surface area (Å²) >= 11 is 0. The molecule has 1 unspecified atom stereocenters. The van der Waals surface area contributed by atoms with Crippen LogP contribution in [0.15, 0.2) is 46.6 Å². The zero-order chi connectivity index (χ0) is 18.7. The summed E-state index contributed by atoms with van der Waals surface area (Å²) < 4.78 is 11.1. The zero-order valence-electron chi connectivity index (χ0n) is 14.8. The molecule has 1 aliphatic rings. The van der Waals surface area contributed by atoms with Crippen molar-refractivity contribution in [2.75, 3.05) is 6.61 Å². The number of H-pyrrole nitrogens is 1. The van der Waals surface area contributed by atoms with Gasteiger partial charge in [0, 0.05) is 11.8 Å². The Morgan fingerprint density at radius 1 is 1.31 bits per heavy atom. The number of nitriles is 1. The lowest BCUT2D eigenvalue weighted by atomic mass is 9.84. The summed E-state index contributed by atoms with van der Waals surface area (Å²) in [4.78, 5) is 15.6. The molecule has 0 bridgehead atoms. The lowest BCUT2D eigenvalue weighted by Gasteiger charge is -2.26. The van der Waals surface area contributed by atoms with Gasteiger partial charge in [0.2, 0.25) is 5.88 Å². The summed E-state index contributed by atoms with van der Waals surface area (Å²) in [5, 5.41) is 9.58. The molecule has 0 spiro atoms. The van der Waals surface area contributed by atoms with E-state index in [-0.39, 0.29) is 17.0 Å². The number of allylic oxidation sites excluding steroid dienone is 1. The van der Waals surface area contributed by atoms with Crippen LogP contribution in [0.2, 0.25) is 0 Å². The van der Waals surface area contributed by atoms with Crippen LogP contribution in [0.3, 0.4) is 0 Å². The van der Waals surface area contributed by atoms with Crippen molar-refractivity contribution < 1.29 is 9.47 Å². The van der Waals surface area contributed by atoms with Gasteiger partial charge in [0.1, 0.15) is 23.1 Å². The molecule has 1 aromatic carbocycles. The molecule has 3 N–H and O–H groups in total. The zero-order valence-corrected chi connectivity index (χ0v) is 14.8. The lowest BCUT2D eigenvalue weighted by Crippen LogP contribution is -2.28. The summed E-state index contributed by atoms with van der Waals surface area (Å²) in [5.74, 6) is 0.601. The molecular weight excluding hydrogens is 330 g/mol. The second-order valence-electron chi connectivity index (χ2n) is 6.08. The maximum Gasteiger partial charge on any atom is 0.256 e. The summed E-state index contributed by atoms with van der Waals surface area (Å²) in [5.41, 5.74) is 7.93. The molecule has 6 heteroatoms. The second kappa shape index (κ2) is 7.36. The van der Waals surface area contributed by atoms with Crippen molar-refractivity contribution in [2.45, 2.75) is 32.6 Å². The van der Waals surface area contributed by atoms with Crippen molar-refractivity contribution in [3.05, 3.63) is 69.0 Å². The first-order valence-corrected chi connectivity index (χ1v) is 8.65. The van der Waals surface area contributed by atoms with Crippen LogP contribution < -0.4 is 20.8 Å². The Balaban J connectivity index is 2.14. The first kappa shape index (κ1) is 17.6. The molecule has 0 amide bonds. The number of rotatable bonds is 5. The Bertz CT molecular complexity index is 936. The molecule has 2 heterocycles. The van der Waals surface area contributed by atoms with Crippen LogP contribution in [-0.4, -0.2) is 11.6 Å². The van der Waals surface area contributed by atoms with Crippen LogP contribution in [0, 0.1) is 11.3 Å². The minimum Gasteiger partial charge on any atom is -0.494 e. The normalized spacial score (nSPS) is 15.8. The molecule has 2 aromatic rings. The van der Waals surface area contributed by atoms with Crippen molar-refractivity contribution >= 4 is 0 Å². The highest BCUT2D eigenvalue weighted by atomic mass is 16.5. The molecule has 1 aliphatic heterocycles. The van der Waals surface area contributed by atoms with Crippen LogP contribution in [0.4, 0.5) is 0 Å². The van der Waals surface area contributed by atoms with Gasteiger partial charge in [0.25, 0.3) is 5.56 Å². The van der Waals surface area contributed by atoms with E-state index in [0.29, 0.717) is 17.9 Å². The van der Waals surface area contributed by atoms with Gasteiger partial charge in [0.15, 0.2) is 0 Å². The fourth-order valence-corrected chi connectivity index (χ4v) is 3.20. The number of ether oxygens (including phenoxy) is 2. The lowest BCUT2D eigenvalue weighted by molar-refractivity contribution is 0.340. The van der Waals surface area contributed by atoms with Gasteiger partial charge in [0.05, 0.1) is 18.1 Å². The van der Waals surface area contributed by atoms with Gasteiger partial charge in [-0.3, -0.25) is 4.79 Å². The number of nitrogens with zero attached hydrogens (tertiary/aromatic N) is 1. The van der Waals surface area contributed by atoms with Crippen LogP contribution >= 0.6 is 0 Å². The van der Waals surface area contributed by atoms with Crippen molar-refractivity contribution in [2.24, 2.45) is 5.73 Å². The number of nitrogens with one attached hydrogen (secondary N) is 1. The van der Waals surface area contributed by atoms with E-state index in [2.05, 4.69) is 11.1 Å². The fourth-order valence-electron chi connectivity index (χ4n) is 3.20. The molecule has 3 rings (SSSR count). The third-order valence-electron chi connectivity index (χ3n) is 4.32. The van der Waals surface area contributed by atoms with Gasteiger partial charge >= 0.3 is 0 Å². The van der Waals surface area contributed by atoms with Crippen molar-refractivity contribution in [3.8, 4) is 17.6 Å². The summed E-state index contributed by atoms with van der Waals surface area (Å²) in [7, 11) is 0. The number of aromatic nitrogens is 1. The predicted octanol–water partition coefficient (Wildman–Crippen LogP) is 2.94. The third kappa shape index (κ3) is 3.16. The van der Waals surface area contributed by atoms with E-state index in [0.717, 1.165) is 29.8 Å². The van der Waals surface area contributed by atoms with E-state index >= 15 is 0 Å². The van der Waals surface area contributed by atoms with Gasteiger partial charge in [-0.15, -0.1) is 0 Å². The van der Waals surface area contributed by atoms with Gasteiger partial charge in [-0.05, 0) is 31.0 Å². The number of benzene rings is 1. The average Bonchev–Trinajstić information content (AvgIpc) is 2.62. The van der Waals surface area contributed by atoms with Gasteiger partial charge in [-0.25, -0.2) is 0 Å². The molecule has 0 aliphatic carbocycles. The molecule has 0 saturated carbocycles. The van der Waals surface area contributed by atoms with E-state index in [4.69, 9.17) is 15.2 Å². The van der Waals surface area contributed by atoms with E-state index in [9.17, 15) is 10.1 Å². The maximum absolute atomic E-state index is 12.7. The summed E-state index contributed by atoms with van der Waals surface area (Å²) in [6.45, 7) is 4.51. The molecule has 0 radical (unpaired) electrons. The Labute approximate surface area is 151 Å². The van der Waals surface area contributed by atoms with Crippen molar-refractivity contribution in [1.29, 1.82) is 5.26 Å². The highest BCUT2D eigenvalue weighted by Gasteiger charge is 2.33. The van der Waals surface area contributed by atoms with Gasteiger partial charge in [-0.2, -0.15) is 5.26 Å². The highest BCUT2D eigenvalue weighted by Crippen LogP contribution is 2.40. The standard InChI is InChI=1S/C20H21N3O3/c1-3-5-13-10-16-18(20(24)23-13)17(15(11-21)19(22)26-16)12-6-8-14(9-7-12)25-4-2/h6-10,17H,3-5,22H2,1-2H3,(H,23,24). The number of aryl methyl sites for hydroxylation is 1. The number of hydrogen-bond acceptors (Lipinski definition) is 5. The molecule has 6 nitrogen and oxygen atoms in total. The van der Waals surface area contributed by atoms with E-state index in [1.54, 1.807) is 6.07 Å². The Hall–Kier alpha value is -3.20. The molecule has 0 saturated heterocycles. The Kier molecular flexibility index (Phi) is 4.99. The third-order valence-corrected chi connectivity index (χ3v) is 4.32. The molecule has 1 atom stereocenters. The van der Waals surface area contributed by atoms with Gasteiger partial charge in [-0.1, -0.05) is 25.5 Å². The van der Waals surface area contributed by atoms with Gasteiger partial charge < -0.3 is 20.2 Å². The Morgan fingerprint density at radius 2 is 2.04 bits per heavy atom. The SMILES string of the molecule is CCCc1cc2c(c(=O)[nH]1)C(c1ccc(OCC)cc1)C(C#N)=C(N)O2. The van der Waals surface area contributed by atoms with E-state index < -0.39 is 5.92 Å². The largest absolute Gasteiger partial charge is 0.494 e. The fraction of sp³-hybridized carbons (Fsp3) is 0.300. The molecule has 134 valence electrons. The average molecular weight is 351 g/mol. The smallest absolute Gasteiger partial charge is 0.256 e. The van der Waals surface area contributed by atoms with Crippen molar-refractivity contribution in [3.63, 3.8) is 0 Å². The van der Waals surface area contributed by atoms with E-state index in [1.165, 1.54) is 0 Å². The number of aromatic amines is 1. The number of hydrogen-bond donors (Lipinski definition) is 2. The number of fused-ring (bicyclic) bond motifs is 1. The van der Waals surface area contributed by atoms with Crippen molar-refractivity contribution in [1.82, 2.24) is 4.98 Å². The predicted molar refractivity (Wildman–Crippen MR) is 98.0 cm³/mol. The molecule has 26 heavy (non-hydrogen) atoms. The van der Waals surface area contributed by atoms with Crippen LogP contribution in [-0.2, 0) is 6.42 Å². The molecule has 1 aromatic heterocycles. The Morgan fingerprint density at radius 3 is 2.65 bits per heavy atom. The topological polar surface area (TPSA) is 101 Å². The van der Waals surface area contributed by atoms with E-state index in [1.807, 2.05) is 38.1 Å². The monoisotopic (exact) mass is 351 g/mol.